The lowest BCUT2D eigenvalue weighted by Crippen LogP contribution is -2.34. The van der Waals surface area contributed by atoms with Crippen molar-refractivity contribution in [3.63, 3.8) is 0 Å². The highest BCUT2D eigenvalue weighted by atomic mass is 15.0. The fourth-order valence-electron chi connectivity index (χ4n) is 3.30. The third-order valence-corrected chi connectivity index (χ3v) is 4.40. The summed E-state index contributed by atoms with van der Waals surface area (Å²) in [7, 11) is 2.13. The van der Waals surface area contributed by atoms with E-state index in [4.69, 9.17) is 0 Å². The second-order valence-electron chi connectivity index (χ2n) is 6.73. The monoisotopic (exact) mass is 263 g/mol. The molecule has 3 unspecified atom stereocenters. The van der Waals surface area contributed by atoms with E-state index in [1.54, 1.807) is 0 Å². The summed E-state index contributed by atoms with van der Waals surface area (Å²) in [5.74, 6) is 4.22. The van der Waals surface area contributed by atoms with Crippen LogP contribution in [-0.2, 0) is 7.05 Å². The van der Waals surface area contributed by atoms with E-state index in [2.05, 4.69) is 48.9 Å². The Morgan fingerprint density at radius 1 is 1.42 bits per heavy atom. The van der Waals surface area contributed by atoms with Gasteiger partial charge in [0.05, 0.1) is 0 Å². The van der Waals surface area contributed by atoms with E-state index in [0.29, 0.717) is 5.92 Å². The van der Waals surface area contributed by atoms with Gasteiger partial charge in [0, 0.05) is 25.4 Å². The zero-order chi connectivity index (χ0) is 13.8. The number of nitrogens with one attached hydrogen (secondary N) is 1. The lowest BCUT2D eigenvalue weighted by atomic mass is 9.74. The van der Waals surface area contributed by atoms with Crippen molar-refractivity contribution in [1.82, 2.24) is 14.9 Å². The Kier molecular flexibility index (Phi) is 5.03. The third-order valence-electron chi connectivity index (χ3n) is 4.40. The van der Waals surface area contributed by atoms with E-state index in [-0.39, 0.29) is 0 Å². The molecule has 1 heterocycles. The van der Waals surface area contributed by atoms with Crippen molar-refractivity contribution in [1.29, 1.82) is 0 Å². The van der Waals surface area contributed by atoms with Crippen LogP contribution in [0.1, 0.15) is 51.8 Å². The molecule has 1 saturated carbocycles. The SMILES string of the molecule is CC(C)CNCC1CCC(C)CC1c1nccn1C. The fraction of sp³-hybridized carbons (Fsp3) is 0.812. The minimum atomic E-state index is 0.628. The number of imidazole rings is 1. The molecule has 0 aliphatic heterocycles. The minimum Gasteiger partial charge on any atom is -0.338 e. The summed E-state index contributed by atoms with van der Waals surface area (Å²) in [6.07, 6.45) is 8.01. The van der Waals surface area contributed by atoms with Crippen molar-refractivity contribution in [3.8, 4) is 0 Å². The predicted molar refractivity (Wildman–Crippen MR) is 80.2 cm³/mol. The number of rotatable bonds is 5. The topological polar surface area (TPSA) is 29.9 Å². The molecule has 3 heteroatoms. The first-order chi connectivity index (χ1) is 9.08. The van der Waals surface area contributed by atoms with Crippen LogP contribution in [0, 0.1) is 17.8 Å². The highest BCUT2D eigenvalue weighted by Gasteiger charge is 2.31. The molecule has 0 aromatic carbocycles. The van der Waals surface area contributed by atoms with Gasteiger partial charge in [-0.25, -0.2) is 4.98 Å². The summed E-state index contributed by atoms with van der Waals surface area (Å²) in [5.41, 5.74) is 0. The van der Waals surface area contributed by atoms with Crippen molar-refractivity contribution in [2.24, 2.45) is 24.8 Å². The lowest BCUT2D eigenvalue weighted by Gasteiger charge is -2.35. The molecule has 1 aromatic rings. The van der Waals surface area contributed by atoms with Crippen LogP contribution in [0.4, 0.5) is 0 Å². The summed E-state index contributed by atoms with van der Waals surface area (Å²) in [5, 5.41) is 3.64. The minimum absolute atomic E-state index is 0.628. The summed E-state index contributed by atoms with van der Waals surface area (Å²) in [6, 6.07) is 0. The first-order valence-corrected chi connectivity index (χ1v) is 7.75. The molecule has 0 amide bonds. The molecule has 108 valence electrons. The lowest BCUT2D eigenvalue weighted by molar-refractivity contribution is 0.230. The number of nitrogens with zero attached hydrogens (tertiary/aromatic N) is 2. The Hall–Kier alpha value is -0.830. The third kappa shape index (κ3) is 3.82. The molecule has 2 rings (SSSR count). The van der Waals surface area contributed by atoms with Crippen LogP contribution in [0.15, 0.2) is 12.4 Å². The van der Waals surface area contributed by atoms with Gasteiger partial charge in [0.15, 0.2) is 0 Å². The highest BCUT2D eigenvalue weighted by molar-refractivity contribution is 5.04. The quantitative estimate of drug-likeness (QED) is 0.884. The first kappa shape index (κ1) is 14.6. The van der Waals surface area contributed by atoms with Crippen LogP contribution in [-0.4, -0.2) is 22.6 Å². The van der Waals surface area contributed by atoms with Crippen molar-refractivity contribution in [2.45, 2.75) is 46.0 Å². The van der Waals surface area contributed by atoms with Gasteiger partial charge in [-0.1, -0.05) is 27.2 Å². The Morgan fingerprint density at radius 2 is 2.21 bits per heavy atom. The largest absolute Gasteiger partial charge is 0.338 e. The van der Waals surface area contributed by atoms with Gasteiger partial charge < -0.3 is 9.88 Å². The van der Waals surface area contributed by atoms with Crippen LogP contribution in [0.2, 0.25) is 0 Å². The van der Waals surface area contributed by atoms with Crippen molar-refractivity contribution >= 4 is 0 Å². The second kappa shape index (κ2) is 6.56. The maximum Gasteiger partial charge on any atom is 0.111 e. The van der Waals surface area contributed by atoms with Crippen molar-refractivity contribution in [3.05, 3.63) is 18.2 Å². The molecule has 1 aromatic heterocycles. The summed E-state index contributed by atoms with van der Waals surface area (Å²) in [6.45, 7) is 9.19. The molecule has 1 fully saturated rings. The maximum atomic E-state index is 4.60. The zero-order valence-corrected chi connectivity index (χ0v) is 12.9. The molecule has 19 heavy (non-hydrogen) atoms. The average Bonchev–Trinajstić information content (AvgIpc) is 2.77. The standard InChI is InChI=1S/C16H29N3/c1-12(2)10-17-11-14-6-5-13(3)9-15(14)16-18-7-8-19(16)4/h7-8,12-15,17H,5-6,9-11H2,1-4H3. The van der Waals surface area contributed by atoms with Crippen LogP contribution < -0.4 is 5.32 Å². The van der Waals surface area contributed by atoms with Gasteiger partial charge in [0.2, 0.25) is 0 Å². The highest BCUT2D eigenvalue weighted by Crippen LogP contribution is 2.39. The predicted octanol–water partition coefficient (Wildman–Crippen LogP) is 3.19. The molecule has 0 spiro atoms. The number of hydrogen-bond acceptors (Lipinski definition) is 2. The molecule has 1 N–H and O–H groups in total. The van der Waals surface area contributed by atoms with Gasteiger partial charge in [-0.05, 0) is 43.7 Å². The second-order valence-corrected chi connectivity index (χ2v) is 6.73. The van der Waals surface area contributed by atoms with Gasteiger partial charge in [-0.2, -0.15) is 0 Å². The number of hydrogen-bond donors (Lipinski definition) is 1. The smallest absolute Gasteiger partial charge is 0.111 e. The summed E-state index contributed by atoms with van der Waals surface area (Å²) < 4.78 is 2.21. The van der Waals surface area contributed by atoms with E-state index < -0.39 is 0 Å². The van der Waals surface area contributed by atoms with Gasteiger partial charge >= 0.3 is 0 Å². The number of aromatic nitrogens is 2. The fourth-order valence-corrected chi connectivity index (χ4v) is 3.30. The molecule has 0 saturated heterocycles. The van der Waals surface area contributed by atoms with E-state index in [0.717, 1.165) is 30.8 Å². The van der Waals surface area contributed by atoms with E-state index in [1.807, 2.05) is 6.20 Å². The van der Waals surface area contributed by atoms with Crippen LogP contribution in [0.25, 0.3) is 0 Å². The maximum absolute atomic E-state index is 4.60. The van der Waals surface area contributed by atoms with Gasteiger partial charge in [-0.15, -0.1) is 0 Å². The van der Waals surface area contributed by atoms with Crippen LogP contribution >= 0.6 is 0 Å². The Labute approximate surface area is 117 Å². The Balaban J connectivity index is 2.01. The summed E-state index contributed by atoms with van der Waals surface area (Å²) in [4.78, 5) is 4.60. The van der Waals surface area contributed by atoms with Crippen molar-refractivity contribution in [2.75, 3.05) is 13.1 Å². The normalized spacial score (nSPS) is 27.9. The first-order valence-electron chi connectivity index (χ1n) is 7.75. The van der Waals surface area contributed by atoms with E-state index in [1.165, 1.54) is 25.1 Å². The molecular formula is C16H29N3. The van der Waals surface area contributed by atoms with Gasteiger partial charge in [0.1, 0.15) is 5.82 Å². The molecule has 3 nitrogen and oxygen atoms in total. The molecule has 3 atom stereocenters. The Morgan fingerprint density at radius 3 is 2.84 bits per heavy atom. The number of aryl methyl sites for hydroxylation is 1. The van der Waals surface area contributed by atoms with Gasteiger partial charge in [-0.3, -0.25) is 0 Å². The van der Waals surface area contributed by atoms with Crippen LogP contribution in [0.5, 0.6) is 0 Å². The van der Waals surface area contributed by atoms with Crippen LogP contribution in [0.3, 0.4) is 0 Å². The molecule has 1 aliphatic rings. The van der Waals surface area contributed by atoms with Gasteiger partial charge in [0.25, 0.3) is 0 Å². The van der Waals surface area contributed by atoms with Crippen molar-refractivity contribution < 1.29 is 0 Å². The molecular weight excluding hydrogens is 234 g/mol. The summed E-state index contributed by atoms with van der Waals surface area (Å²) >= 11 is 0. The Bertz CT molecular complexity index is 383. The van der Waals surface area contributed by atoms with E-state index in [9.17, 15) is 0 Å². The van der Waals surface area contributed by atoms with E-state index >= 15 is 0 Å². The molecule has 1 aliphatic carbocycles. The molecule has 0 radical (unpaired) electrons. The molecule has 0 bridgehead atoms. The average molecular weight is 263 g/mol. The zero-order valence-electron chi connectivity index (χ0n) is 12.9.